The van der Waals surface area contributed by atoms with Gasteiger partial charge in [0.25, 0.3) is 0 Å². The molecule has 1 aliphatic rings. The fraction of sp³-hybridized carbons (Fsp3) is 0.250. The standard InChI is InChI=1S/C12H11N3O3/c1-17-12(16)10-7-5-13-6-8(7)14-11(15-10)9-3-2-4-18-9/h2-4,13H,5-6H2,1H3. The molecule has 18 heavy (non-hydrogen) atoms. The van der Waals surface area contributed by atoms with E-state index in [1.54, 1.807) is 18.4 Å². The van der Waals surface area contributed by atoms with Crippen LogP contribution in [0.3, 0.4) is 0 Å². The molecule has 0 aliphatic carbocycles. The van der Waals surface area contributed by atoms with Crippen LogP contribution in [-0.4, -0.2) is 23.0 Å². The third kappa shape index (κ3) is 1.67. The van der Waals surface area contributed by atoms with Gasteiger partial charge in [-0.15, -0.1) is 0 Å². The molecule has 0 fully saturated rings. The second-order valence-corrected chi connectivity index (χ2v) is 3.89. The topological polar surface area (TPSA) is 77.2 Å². The van der Waals surface area contributed by atoms with Crippen molar-refractivity contribution in [2.24, 2.45) is 0 Å². The van der Waals surface area contributed by atoms with Crippen LogP contribution >= 0.6 is 0 Å². The maximum atomic E-state index is 11.7. The Morgan fingerprint density at radius 2 is 2.33 bits per heavy atom. The summed E-state index contributed by atoms with van der Waals surface area (Å²) < 4.78 is 10.00. The third-order valence-electron chi connectivity index (χ3n) is 2.81. The number of fused-ring (bicyclic) bond motifs is 1. The fourth-order valence-electron chi connectivity index (χ4n) is 1.95. The summed E-state index contributed by atoms with van der Waals surface area (Å²) in [6, 6.07) is 3.51. The summed E-state index contributed by atoms with van der Waals surface area (Å²) in [5.41, 5.74) is 1.92. The van der Waals surface area contributed by atoms with E-state index < -0.39 is 5.97 Å². The lowest BCUT2D eigenvalue weighted by molar-refractivity contribution is 0.0592. The van der Waals surface area contributed by atoms with E-state index in [2.05, 4.69) is 15.3 Å². The lowest BCUT2D eigenvalue weighted by Crippen LogP contribution is -2.11. The number of ether oxygens (including phenoxy) is 1. The molecule has 0 unspecified atom stereocenters. The maximum Gasteiger partial charge on any atom is 0.357 e. The van der Waals surface area contributed by atoms with Crippen LogP contribution < -0.4 is 5.32 Å². The zero-order valence-electron chi connectivity index (χ0n) is 9.77. The van der Waals surface area contributed by atoms with Gasteiger partial charge in [-0.2, -0.15) is 0 Å². The second kappa shape index (κ2) is 4.23. The van der Waals surface area contributed by atoms with E-state index >= 15 is 0 Å². The van der Waals surface area contributed by atoms with Crippen LogP contribution in [0.5, 0.6) is 0 Å². The molecular formula is C12H11N3O3. The van der Waals surface area contributed by atoms with Crippen LogP contribution in [-0.2, 0) is 17.8 Å². The average Bonchev–Trinajstić information content (AvgIpc) is 3.06. The molecule has 0 amide bonds. The van der Waals surface area contributed by atoms with Gasteiger partial charge in [-0.25, -0.2) is 14.8 Å². The summed E-state index contributed by atoms with van der Waals surface area (Å²) in [6.07, 6.45) is 1.54. The quantitative estimate of drug-likeness (QED) is 0.799. The Morgan fingerprint density at radius 3 is 3.06 bits per heavy atom. The normalized spacial score (nSPS) is 13.4. The number of hydrogen-bond acceptors (Lipinski definition) is 6. The van der Waals surface area contributed by atoms with Gasteiger partial charge in [0.05, 0.1) is 19.1 Å². The van der Waals surface area contributed by atoms with Crippen molar-refractivity contribution in [3.8, 4) is 11.6 Å². The number of hydrogen-bond donors (Lipinski definition) is 1. The second-order valence-electron chi connectivity index (χ2n) is 3.89. The number of carbonyl (C=O) groups excluding carboxylic acids is 1. The van der Waals surface area contributed by atoms with E-state index in [4.69, 9.17) is 9.15 Å². The van der Waals surface area contributed by atoms with Crippen molar-refractivity contribution in [1.29, 1.82) is 0 Å². The van der Waals surface area contributed by atoms with Crippen molar-refractivity contribution in [2.45, 2.75) is 13.1 Å². The first-order chi connectivity index (χ1) is 8.79. The summed E-state index contributed by atoms with van der Waals surface area (Å²) in [4.78, 5) is 20.4. The maximum absolute atomic E-state index is 11.7. The molecule has 0 saturated heterocycles. The van der Waals surface area contributed by atoms with Gasteiger partial charge in [-0.3, -0.25) is 0 Å². The first kappa shape index (κ1) is 10.9. The summed E-state index contributed by atoms with van der Waals surface area (Å²) in [6.45, 7) is 1.20. The van der Waals surface area contributed by atoms with Crippen LogP contribution in [0.1, 0.15) is 21.7 Å². The highest BCUT2D eigenvalue weighted by Gasteiger charge is 2.24. The Kier molecular flexibility index (Phi) is 2.56. The number of esters is 1. The highest BCUT2D eigenvalue weighted by molar-refractivity contribution is 5.89. The number of rotatable bonds is 2. The molecule has 6 heteroatoms. The fourth-order valence-corrected chi connectivity index (χ4v) is 1.95. The summed E-state index contributed by atoms with van der Waals surface area (Å²) in [5, 5.41) is 3.14. The zero-order valence-corrected chi connectivity index (χ0v) is 9.77. The molecule has 2 aromatic rings. The Bertz CT molecular complexity index is 593. The van der Waals surface area contributed by atoms with Gasteiger partial charge in [0, 0.05) is 18.7 Å². The SMILES string of the molecule is COC(=O)c1nc(-c2ccco2)nc2c1CNC2. The molecular weight excluding hydrogens is 234 g/mol. The van der Waals surface area contributed by atoms with Gasteiger partial charge >= 0.3 is 5.97 Å². The van der Waals surface area contributed by atoms with Crippen molar-refractivity contribution < 1.29 is 13.9 Å². The molecule has 0 saturated carbocycles. The third-order valence-corrected chi connectivity index (χ3v) is 2.81. The summed E-state index contributed by atoms with van der Waals surface area (Å²) in [5.74, 6) is 0.489. The van der Waals surface area contributed by atoms with Gasteiger partial charge < -0.3 is 14.5 Å². The summed E-state index contributed by atoms with van der Waals surface area (Å²) in [7, 11) is 1.34. The number of methoxy groups -OCH3 is 1. The van der Waals surface area contributed by atoms with E-state index in [0.717, 1.165) is 11.3 Å². The van der Waals surface area contributed by atoms with Crippen LogP contribution in [0, 0.1) is 0 Å². The molecule has 0 atom stereocenters. The van der Waals surface area contributed by atoms with Crippen molar-refractivity contribution in [3.63, 3.8) is 0 Å². The average molecular weight is 245 g/mol. The first-order valence-corrected chi connectivity index (χ1v) is 5.52. The minimum Gasteiger partial charge on any atom is -0.464 e. The van der Waals surface area contributed by atoms with Crippen molar-refractivity contribution in [1.82, 2.24) is 15.3 Å². The molecule has 3 rings (SSSR count). The molecule has 0 bridgehead atoms. The molecule has 0 spiro atoms. The number of furan rings is 1. The molecule has 1 N–H and O–H groups in total. The largest absolute Gasteiger partial charge is 0.464 e. The Morgan fingerprint density at radius 1 is 1.44 bits per heavy atom. The number of aromatic nitrogens is 2. The number of nitrogens with one attached hydrogen (secondary N) is 1. The van der Waals surface area contributed by atoms with E-state index in [0.29, 0.717) is 30.4 Å². The summed E-state index contributed by atoms with van der Waals surface area (Å²) >= 11 is 0. The van der Waals surface area contributed by atoms with Crippen LogP contribution in [0.4, 0.5) is 0 Å². The lowest BCUT2D eigenvalue weighted by Gasteiger charge is -2.06. The minimum absolute atomic E-state index is 0.305. The monoisotopic (exact) mass is 245 g/mol. The highest BCUT2D eigenvalue weighted by Crippen LogP contribution is 2.23. The first-order valence-electron chi connectivity index (χ1n) is 5.52. The van der Waals surface area contributed by atoms with Crippen LogP contribution in [0.15, 0.2) is 22.8 Å². The van der Waals surface area contributed by atoms with Crippen molar-refractivity contribution in [3.05, 3.63) is 35.3 Å². The van der Waals surface area contributed by atoms with Gasteiger partial charge in [0.1, 0.15) is 0 Å². The van der Waals surface area contributed by atoms with Crippen molar-refractivity contribution >= 4 is 5.97 Å². The van der Waals surface area contributed by atoms with Crippen molar-refractivity contribution in [2.75, 3.05) is 7.11 Å². The van der Waals surface area contributed by atoms with Gasteiger partial charge in [-0.1, -0.05) is 0 Å². The van der Waals surface area contributed by atoms with E-state index in [-0.39, 0.29) is 0 Å². The van der Waals surface area contributed by atoms with Gasteiger partial charge in [0.15, 0.2) is 17.3 Å². The Hall–Kier alpha value is -2.21. The van der Waals surface area contributed by atoms with Gasteiger partial charge in [0.2, 0.25) is 0 Å². The Labute approximate surface area is 103 Å². The Balaban J connectivity index is 2.16. The highest BCUT2D eigenvalue weighted by atomic mass is 16.5. The van der Waals surface area contributed by atoms with Crippen LogP contribution in [0.2, 0.25) is 0 Å². The smallest absolute Gasteiger partial charge is 0.357 e. The molecule has 3 heterocycles. The molecule has 2 aromatic heterocycles. The van der Waals surface area contributed by atoms with E-state index in [9.17, 15) is 4.79 Å². The molecule has 92 valence electrons. The minimum atomic E-state index is -0.454. The lowest BCUT2D eigenvalue weighted by atomic mass is 10.2. The predicted molar refractivity (Wildman–Crippen MR) is 61.6 cm³/mol. The van der Waals surface area contributed by atoms with Crippen LogP contribution in [0.25, 0.3) is 11.6 Å². The van der Waals surface area contributed by atoms with Gasteiger partial charge in [-0.05, 0) is 12.1 Å². The molecule has 6 nitrogen and oxygen atoms in total. The van der Waals surface area contributed by atoms with E-state index in [1.165, 1.54) is 7.11 Å². The molecule has 1 aliphatic heterocycles. The molecule has 0 aromatic carbocycles. The number of carbonyl (C=O) groups is 1. The number of nitrogens with zero attached hydrogens (tertiary/aromatic N) is 2. The zero-order chi connectivity index (χ0) is 12.5. The molecule has 0 radical (unpaired) electrons. The predicted octanol–water partition coefficient (Wildman–Crippen LogP) is 1.13. The van der Waals surface area contributed by atoms with E-state index in [1.807, 2.05) is 0 Å².